The van der Waals surface area contributed by atoms with Gasteiger partial charge < -0.3 is 10.2 Å². The minimum atomic E-state index is -0.264. The smallest absolute Gasteiger partial charge is 0.0593 e. The second-order valence-corrected chi connectivity index (χ2v) is 11.8. The van der Waals surface area contributed by atoms with Gasteiger partial charge in [-0.3, -0.25) is 0 Å². The van der Waals surface area contributed by atoms with Crippen LogP contribution in [0.3, 0.4) is 0 Å². The molecule has 2 rings (SSSR count). The highest BCUT2D eigenvalue weighted by Crippen LogP contribution is 2.64. The van der Waals surface area contributed by atoms with Gasteiger partial charge in [0, 0.05) is 6.61 Å². The first kappa shape index (κ1) is 24.9. The van der Waals surface area contributed by atoms with E-state index < -0.39 is 0 Å². The Balaban J connectivity index is 2.27. The molecule has 0 spiro atoms. The molecule has 0 aromatic carbocycles. The quantitative estimate of drug-likeness (QED) is 0.383. The van der Waals surface area contributed by atoms with Crippen LogP contribution in [0, 0.1) is 39.9 Å². The summed E-state index contributed by atoms with van der Waals surface area (Å²) in [4.78, 5) is 0. The van der Waals surface area contributed by atoms with Crippen molar-refractivity contribution in [3.63, 3.8) is 0 Å². The molecule has 0 bridgehead atoms. The summed E-state index contributed by atoms with van der Waals surface area (Å²) in [5.41, 5.74) is 1.64. The molecule has 0 heterocycles. The van der Waals surface area contributed by atoms with Crippen LogP contribution in [0.4, 0.5) is 0 Å². The van der Waals surface area contributed by atoms with Gasteiger partial charge in [-0.25, -0.2) is 0 Å². The van der Waals surface area contributed by atoms with E-state index >= 15 is 0 Å². The van der Waals surface area contributed by atoms with Crippen LogP contribution in [0.15, 0.2) is 12.2 Å². The summed E-state index contributed by atoms with van der Waals surface area (Å²) >= 11 is 0. The van der Waals surface area contributed by atoms with E-state index in [0.29, 0.717) is 35.7 Å². The maximum absolute atomic E-state index is 11.2. The average molecular weight is 407 g/mol. The molecule has 2 aliphatic carbocycles. The molecule has 2 saturated carbocycles. The van der Waals surface area contributed by atoms with Gasteiger partial charge in [-0.05, 0) is 85.4 Å². The van der Waals surface area contributed by atoms with Gasteiger partial charge in [0.25, 0.3) is 0 Å². The third kappa shape index (κ3) is 4.64. The molecular weight excluding hydrogens is 356 g/mol. The number of allylic oxidation sites excluding steroid dienone is 1. The second kappa shape index (κ2) is 9.43. The van der Waals surface area contributed by atoms with Crippen molar-refractivity contribution in [1.82, 2.24) is 0 Å². The molecule has 2 heteroatoms. The average Bonchev–Trinajstić information content (AvgIpc) is 3.07. The maximum Gasteiger partial charge on any atom is 0.0593 e. The van der Waals surface area contributed by atoms with E-state index in [1.807, 2.05) is 0 Å². The zero-order valence-corrected chi connectivity index (χ0v) is 20.6. The van der Waals surface area contributed by atoms with Crippen LogP contribution in [-0.2, 0) is 0 Å². The molecule has 7 atom stereocenters. The van der Waals surface area contributed by atoms with E-state index in [1.54, 1.807) is 0 Å². The molecule has 170 valence electrons. The summed E-state index contributed by atoms with van der Waals surface area (Å²) < 4.78 is 0. The van der Waals surface area contributed by atoms with Crippen molar-refractivity contribution < 1.29 is 10.2 Å². The maximum atomic E-state index is 11.2. The van der Waals surface area contributed by atoms with Crippen molar-refractivity contribution in [3.8, 4) is 0 Å². The van der Waals surface area contributed by atoms with Crippen LogP contribution in [-0.4, -0.2) is 22.9 Å². The van der Waals surface area contributed by atoms with Crippen LogP contribution in [0.5, 0.6) is 0 Å². The summed E-state index contributed by atoms with van der Waals surface area (Å²) in [6, 6.07) is 0. The predicted molar refractivity (Wildman–Crippen MR) is 125 cm³/mol. The molecule has 0 radical (unpaired) electrons. The lowest BCUT2D eigenvalue weighted by atomic mass is 9.50. The van der Waals surface area contributed by atoms with Crippen molar-refractivity contribution >= 4 is 0 Å². The van der Waals surface area contributed by atoms with Crippen LogP contribution >= 0.6 is 0 Å². The Morgan fingerprint density at radius 2 is 1.83 bits per heavy atom. The molecule has 2 nitrogen and oxygen atoms in total. The fourth-order valence-corrected chi connectivity index (χ4v) is 6.99. The molecule has 2 aliphatic rings. The number of hydrogen-bond donors (Lipinski definition) is 2. The molecule has 0 saturated heterocycles. The molecule has 1 unspecified atom stereocenters. The van der Waals surface area contributed by atoms with E-state index in [1.165, 1.54) is 37.7 Å². The fourth-order valence-electron chi connectivity index (χ4n) is 6.99. The van der Waals surface area contributed by atoms with Crippen molar-refractivity contribution in [2.75, 3.05) is 6.61 Å². The van der Waals surface area contributed by atoms with Crippen molar-refractivity contribution in [2.24, 2.45) is 39.9 Å². The Hall–Kier alpha value is -0.340. The van der Waals surface area contributed by atoms with Crippen molar-refractivity contribution in [3.05, 3.63) is 12.2 Å². The molecule has 29 heavy (non-hydrogen) atoms. The van der Waals surface area contributed by atoms with Gasteiger partial charge in [0.2, 0.25) is 0 Å². The number of rotatable bonds is 10. The standard InChI is InChI=1S/C27H50O2/c1-9-11-20(5)25(6,7)23(29)13-12-22-24-21(19(3)4)14-15-27(24,18-28)17-16-26(22,8)10-2/h20-24,28-29H,3,9-18H2,1-2,4-8H3/t20-,21-,22?,23-,24+,26+,27+/m0/s1. The second-order valence-electron chi connectivity index (χ2n) is 11.8. The topological polar surface area (TPSA) is 40.5 Å². The molecule has 0 aromatic heterocycles. The third-order valence-electron chi connectivity index (χ3n) is 9.97. The zero-order valence-electron chi connectivity index (χ0n) is 20.6. The lowest BCUT2D eigenvalue weighted by Gasteiger charge is -2.55. The highest BCUT2D eigenvalue weighted by Gasteiger charge is 2.58. The molecule has 0 amide bonds. The number of aliphatic hydroxyl groups excluding tert-OH is 2. The van der Waals surface area contributed by atoms with Gasteiger partial charge in [-0.2, -0.15) is 0 Å². The van der Waals surface area contributed by atoms with E-state index in [4.69, 9.17) is 0 Å². The summed E-state index contributed by atoms with van der Waals surface area (Å²) in [6.45, 7) is 20.7. The van der Waals surface area contributed by atoms with E-state index in [9.17, 15) is 10.2 Å². The lowest BCUT2D eigenvalue weighted by molar-refractivity contribution is -0.0819. The Morgan fingerprint density at radius 1 is 1.17 bits per heavy atom. The normalized spacial score (nSPS) is 37.2. The van der Waals surface area contributed by atoms with Crippen LogP contribution < -0.4 is 0 Å². The number of fused-ring (bicyclic) bond motifs is 1. The van der Waals surface area contributed by atoms with Crippen LogP contribution in [0.2, 0.25) is 0 Å². The van der Waals surface area contributed by atoms with E-state index in [-0.39, 0.29) is 16.9 Å². The van der Waals surface area contributed by atoms with E-state index in [2.05, 4.69) is 55.0 Å². The lowest BCUT2D eigenvalue weighted by Crippen LogP contribution is -2.49. The third-order valence-corrected chi connectivity index (χ3v) is 9.97. The molecular formula is C27H50O2. The summed E-state index contributed by atoms with van der Waals surface area (Å²) in [5, 5.41) is 21.7. The van der Waals surface area contributed by atoms with Crippen LogP contribution in [0.1, 0.15) is 106 Å². The SMILES string of the molecule is C=C(C)[C@@H]1CC[C@]2(CO)CC[C@@](C)(CC)C(CC[C@H](O)C(C)(C)[C@@H](C)CCC)[C@@H]12. The van der Waals surface area contributed by atoms with Crippen molar-refractivity contribution in [1.29, 1.82) is 0 Å². The van der Waals surface area contributed by atoms with Gasteiger partial charge in [-0.1, -0.05) is 73.0 Å². The summed E-state index contributed by atoms with van der Waals surface area (Å²) in [6.07, 6.45) is 9.91. The minimum absolute atomic E-state index is 0.0508. The Kier molecular flexibility index (Phi) is 8.10. The van der Waals surface area contributed by atoms with Crippen molar-refractivity contribution in [2.45, 2.75) is 112 Å². The van der Waals surface area contributed by atoms with E-state index in [0.717, 1.165) is 25.7 Å². The largest absolute Gasteiger partial charge is 0.396 e. The molecule has 2 fully saturated rings. The zero-order chi connectivity index (χ0) is 22.0. The fraction of sp³-hybridized carbons (Fsp3) is 0.926. The van der Waals surface area contributed by atoms with Gasteiger partial charge in [0.1, 0.15) is 0 Å². The van der Waals surface area contributed by atoms with Gasteiger partial charge in [0.05, 0.1) is 6.10 Å². The highest BCUT2D eigenvalue weighted by molar-refractivity contribution is 5.14. The predicted octanol–water partition coefficient (Wildman–Crippen LogP) is 7.00. The summed E-state index contributed by atoms with van der Waals surface area (Å²) in [5.74, 6) is 2.14. The monoisotopic (exact) mass is 406 g/mol. The first-order valence-corrected chi connectivity index (χ1v) is 12.4. The minimum Gasteiger partial charge on any atom is -0.396 e. The Morgan fingerprint density at radius 3 is 2.34 bits per heavy atom. The summed E-state index contributed by atoms with van der Waals surface area (Å²) in [7, 11) is 0. The first-order valence-electron chi connectivity index (χ1n) is 12.4. The Labute approximate surface area is 181 Å². The molecule has 0 aliphatic heterocycles. The molecule has 2 N–H and O–H groups in total. The van der Waals surface area contributed by atoms with Gasteiger partial charge in [0.15, 0.2) is 0 Å². The number of aliphatic hydroxyl groups is 2. The van der Waals surface area contributed by atoms with Gasteiger partial charge >= 0.3 is 0 Å². The highest BCUT2D eigenvalue weighted by atomic mass is 16.3. The Bertz CT molecular complexity index is 553. The van der Waals surface area contributed by atoms with Gasteiger partial charge in [-0.15, -0.1) is 0 Å². The first-order chi connectivity index (χ1) is 13.5. The molecule has 0 aromatic rings. The van der Waals surface area contributed by atoms with Crippen LogP contribution in [0.25, 0.3) is 0 Å². The number of hydrogen-bond acceptors (Lipinski definition) is 2.